The van der Waals surface area contributed by atoms with Crippen LogP contribution in [0.4, 0.5) is 10.1 Å². The summed E-state index contributed by atoms with van der Waals surface area (Å²) in [5.41, 5.74) is 5.61. The molecule has 0 spiro atoms. The fraction of sp³-hybridized carbons (Fsp3) is 0.300. The highest BCUT2D eigenvalue weighted by atomic mass is 32.2. The molecule has 4 nitrogen and oxygen atoms in total. The van der Waals surface area contributed by atoms with Crippen molar-refractivity contribution in [3.8, 4) is 0 Å². The Kier molecular flexibility index (Phi) is 4.00. The number of halogens is 1. The summed E-state index contributed by atoms with van der Waals surface area (Å²) in [4.78, 5) is 12.9. The molecule has 1 amide bonds. The van der Waals surface area contributed by atoms with Gasteiger partial charge in [-0.25, -0.2) is 4.39 Å². The number of amides is 1. The van der Waals surface area contributed by atoms with Gasteiger partial charge in [0.15, 0.2) is 0 Å². The number of hydrogen-bond donors (Lipinski definition) is 1. The van der Waals surface area contributed by atoms with E-state index in [0.717, 1.165) is 12.1 Å². The van der Waals surface area contributed by atoms with Crippen LogP contribution in [-0.4, -0.2) is 34.9 Å². The van der Waals surface area contributed by atoms with Crippen molar-refractivity contribution in [1.29, 1.82) is 0 Å². The van der Waals surface area contributed by atoms with E-state index in [9.17, 15) is 13.4 Å². The largest absolute Gasteiger partial charge is 0.399 e. The molecule has 0 radical (unpaired) electrons. The summed E-state index contributed by atoms with van der Waals surface area (Å²) < 4.78 is 24.7. The molecule has 1 aromatic rings. The summed E-state index contributed by atoms with van der Waals surface area (Å²) >= 11 is 0. The van der Waals surface area contributed by atoms with E-state index in [1.807, 2.05) is 0 Å². The Morgan fingerprint density at radius 2 is 2.06 bits per heavy atom. The van der Waals surface area contributed by atoms with Gasteiger partial charge in [0.2, 0.25) is 5.91 Å². The normalized spacial score (nSPS) is 12.2. The SMILES string of the molecule is CN(C)C(=O)CS(=O)c1cc(N)cc(F)c1. The summed E-state index contributed by atoms with van der Waals surface area (Å²) in [6.07, 6.45) is 0. The van der Waals surface area contributed by atoms with Crippen molar-refractivity contribution in [3.63, 3.8) is 0 Å². The van der Waals surface area contributed by atoms with Crippen LogP contribution in [0.3, 0.4) is 0 Å². The molecule has 2 N–H and O–H groups in total. The number of anilines is 1. The third-order valence-electron chi connectivity index (χ3n) is 1.91. The van der Waals surface area contributed by atoms with Gasteiger partial charge in [-0.2, -0.15) is 0 Å². The second kappa shape index (κ2) is 5.07. The van der Waals surface area contributed by atoms with Gasteiger partial charge in [0.25, 0.3) is 0 Å². The van der Waals surface area contributed by atoms with Crippen molar-refractivity contribution >= 4 is 22.4 Å². The monoisotopic (exact) mass is 244 g/mol. The molecule has 0 aromatic heterocycles. The number of benzene rings is 1. The lowest BCUT2D eigenvalue weighted by Gasteiger charge is -2.09. The molecule has 1 rings (SSSR count). The molecular weight excluding hydrogens is 231 g/mol. The van der Waals surface area contributed by atoms with Crippen LogP contribution in [0.25, 0.3) is 0 Å². The van der Waals surface area contributed by atoms with Gasteiger partial charge in [0.1, 0.15) is 11.6 Å². The second-order valence-electron chi connectivity index (χ2n) is 3.50. The lowest BCUT2D eigenvalue weighted by molar-refractivity contribution is -0.125. The van der Waals surface area contributed by atoms with Crippen molar-refractivity contribution < 1.29 is 13.4 Å². The van der Waals surface area contributed by atoms with Crippen molar-refractivity contribution in [1.82, 2.24) is 4.90 Å². The molecule has 1 atom stereocenters. The van der Waals surface area contributed by atoms with Gasteiger partial charge in [-0.15, -0.1) is 0 Å². The smallest absolute Gasteiger partial charge is 0.235 e. The molecule has 0 heterocycles. The summed E-state index contributed by atoms with van der Waals surface area (Å²) in [6, 6.07) is 3.66. The van der Waals surface area contributed by atoms with E-state index in [1.165, 1.54) is 11.0 Å². The minimum Gasteiger partial charge on any atom is -0.399 e. The van der Waals surface area contributed by atoms with Gasteiger partial charge in [0.05, 0.1) is 10.8 Å². The molecule has 0 fully saturated rings. The molecule has 88 valence electrons. The van der Waals surface area contributed by atoms with E-state index in [1.54, 1.807) is 14.1 Å². The summed E-state index contributed by atoms with van der Waals surface area (Å²) in [5, 5.41) is 0. The zero-order valence-corrected chi connectivity index (χ0v) is 9.88. The first-order valence-corrected chi connectivity index (χ1v) is 5.86. The highest BCUT2D eigenvalue weighted by molar-refractivity contribution is 7.85. The first kappa shape index (κ1) is 12.6. The number of carbonyl (C=O) groups is 1. The first-order chi connectivity index (χ1) is 7.40. The topological polar surface area (TPSA) is 63.4 Å². The number of carbonyl (C=O) groups excluding carboxylic acids is 1. The first-order valence-electron chi connectivity index (χ1n) is 4.54. The number of nitrogens with two attached hydrogens (primary N) is 1. The maximum Gasteiger partial charge on any atom is 0.235 e. The quantitative estimate of drug-likeness (QED) is 0.792. The highest BCUT2D eigenvalue weighted by Gasteiger charge is 2.13. The fourth-order valence-corrected chi connectivity index (χ4v) is 2.20. The molecule has 0 aliphatic carbocycles. The number of rotatable bonds is 3. The molecular formula is C10H13FN2O2S. The van der Waals surface area contributed by atoms with Gasteiger partial charge < -0.3 is 10.6 Å². The molecule has 0 aliphatic rings. The standard InChI is InChI=1S/C10H13FN2O2S/c1-13(2)10(14)6-16(15)9-4-7(11)3-8(12)5-9/h3-5H,6,12H2,1-2H3. The zero-order chi connectivity index (χ0) is 12.3. The van der Waals surface area contributed by atoms with Crippen LogP contribution in [0.15, 0.2) is 23.1 Å². The predicted octanol–water partition coefficient (Wildman–Crippen LogP) is 0.604. The molecule has 0 bridgehead atoms. The van der Waals surface area contributed by atoms with Gasteiger partial charge >= 0.3 is 0 Å². The Morgan fingerprint density at radius 3 is 2.56 bits per heavy atom. The van der Waals surface area contributed by atoms with Crippen LogP contribution < -0.4 is 5.73 Å². The van der Waals surface area contributed by atoms with Gasteiger partial charge in [0, 0.05) is 24.7 Å². The van der Waals surface area contributed by atoms with E-state index in [-0.39, 0.29) is 22.2 Å². The van der Waals surface area contributed by atoms with Crippen LogP contribution in [0.2, 0.25) is 0 Å². The Bertz CT molecular complexity index is 415. The van der Waals surface area contributed by atoms with E-state index >= 15 is 0 Å². The number of nitrogens with zero attached hydrogens (tertiary/aromatic N) is 1. The van der Waals surface area contributed by atoms with E-state index < -0.39 is 16.6 Å². The van der Waals surface area contributed by atoms with Crippen molar-refractivity contribution in [2.45, 2.75) is 4.90 Å². The molecule has 0 aliphatic heterocycles. The third kappa shape index (κ3) is 3.30. The van der Waals surface area contributed by atoms with Crippen molar-refractivity contribution in [3.05, 3.63) is 24.0 Å². The van der Waals surface area contributed by atoms with Crippen molar-refractivity contribution in [2.24, 2.45) is 0 Å². The van der Waals surface area contributed by atoms with E-state index in [4.69, 9.17) is 5.73 Å². The molecule has 6 heteroatoms. The minimum absolute atomic E-state index is 0.171. The van der Waals surface area contributed by atoms with Crippen LogP contribution in [0, 0.1) is 5.82 Å². The summed E-state index contributed by atoms with van der Waals surface area (Å²) in [5.74, 6) is -1.00. The van der Waals surface area contributed by atoms with E-state index in [0.29, 0.717) is 0 Å². The molecule has 0 saturated heterocycles. The number of nitrogen functional groups attached to an aromatic ring is 1. The van der Waals surface area contributed by atoms with Crippen LogP contribution in [-0.2, 0) is 15.6 Å². The number of hydrogen-bond acceptors (Lipinski definition) is 3. The molecule has 1 unspecified atom stereocenters. The lowest BCUT2D eigenvalue weighted by atomic mass is 10.3. The second-order valence-corrected chi connectivity index (χ2v) is 4.95. The highest BCUT2D eigenvalue weighted by Crippen LogP contribution is 2.14. The molecule has 0 saturated carbocycles. The Morgan fingerprint density at radius 1 is 1.44 bits per heavy atom. The van der Waals surface area contributed by atoms with Gasteiger partial charge in [-0.05, 0) is 18.2 Å². The Labute approximate surface area is 95.7 Å². The maximum atomic E-state index is 13.0. The van der Waals surface area contributed by atoms with Crippen LogP contribution in [0.1, 0.15) is 0 Å². The fourth-order valence-electron chi connectivity index (χ4n) is 1.04. The van der Waals surface area contributed by atoms with E-state index in [2.05, 4.69) is 0 Å². The van der Waals surface area contributed by atoms with Crippen LogP contribution >= 0.6 is 0 Å². The average Bonchev–Trinajstić information content (AvgIpc) is 2.15. The lowest BCUT2D eigenvalue weighted by Crippen LogP contribution is -2.27. The van der Waals surface area contributed by atoms with Gasteiger partial charge in [-0.3, -0.25) is 9.00 Å². The zero-order valence-electron chi connectivity index (χ0n) is 9.07. The summed E-state index contributed by atoms with van der Waals surface area (Å²) in [7, 11) is 1.57. The maximum absolute atomic E-state index is 13.0. The molecule has 1 aromatic carbocycles. The Hall–Kier alpha value is -1.43. The Balaban J connectivity index is 2.85. The van der Waals surface area contributed by atoms with Gasteiger partial charge in [-0.1, -0.05) is 0 Å². The summed E-state index contributed by atoms with van der Waals surface area (Å²) in [6.45, 7) is 0. The average molecular weight is 244 g/mol. The van der Waals surface area contributed by atoms with Crippen LogP contribution in [0.5, 0.6) is 0 Å². The van der Waals surface area contributed by atoms with Crippen molar-refractivity contribution in [2.75, 3.05) is 25.6 Å². The molecule has 16 heavy (non-hydrogen) atoms. The minimum atomic E-state index is -1.57. The third-order valence-corrected chi connectivity index (χ3v) is 3.18. The predicted molar refractivity (Wildman–Crippen MR) is 60.8 cm³/mol.